The predicted octanol–water partition coefficient (Wildman–Crippen LogP) is 3.69. The van der Waals surface area contributed by atoms with Crippen molar-refractivity contribution in [1.82, 2.24) is 0 Å². The highest BCUT2D eigenvalue weighted by Crippen LogP contribution is 2.22. The van der Waals surface area contributed by atoms with E-state index in [4.69, 9.17) is 4.74 Å². The van der Waals surface area contributed by atoms with Crippen LogP contribution in [0.3, 0.4) is 0 Å². The third kappa shape index (κ3) is 3.95. The summed E-state index contributed by atoms with van der Waals surface area (Å²) in [6, 6.07) is 0. The molecule has 0 fully saturated rings. The van der Waals surface area contributed by atoms with Crippen LogP contribution >= 0.6 is 0 Å². The highest BCUT2D eigenvalue weighted by Gasteiger charge is 2.17. The lowest BCUT2D eigenvalue weighted by Gasteiger charge is -2.26. The summed E-state index contributed by atoms with van der Waals surface area (Å²) in [5.41, 5.74) is 1.50. The smallest absolute Gasteiger partial charge is 0.0734 e. The second kappa shape index (κ2) is 5.43. The zero-order chi connectivity index (χ0) is 9.68. The fourth-order valence-corrected chi connectivity index (χ4v) is 2.01. The molecule has 0 aliphatic carbocycles. The Kier molecular flexibility index (Phi) is 4.51. The summed E-state index contributed by atoms with van der Waals surface area (Å²) >= 11 is 0. The predicted molar refractivity (Wildman–Crippen MR) is 56.9 cm³/mol. The molecule has 1 aliphatic heterocycles. The molecule has 0 amide bonds. The van der Waals surface area contributed by atoms with Crippen LogP contribution in [-0.2, 0) is 4.74 Å². The van der Waals surface area contributed by atoms with Crippen molar-refractivity contribution in [2.45, 2.75) is 65.1 Å². The number of hydrogen-bond donors (Lipinski definition) is 0. The van der Waals surface area contributed by atoms with Crippen molar-refractivity contribution >= 4 is 0 Å². The third-order valence-electron chi connectivity index (χ3n) is 2.61. The fraction of sp³-hybridized carbons (Fsp3) is 0.833. The van der Waals surface area contributed by atoms with E-state index in [2.05, 4.69) is 26.8 Å². The maximum atomic E-state index is 5.83. The number of rotatable bonds is 4. The summed E-state index contributed by atoms with van der Waals surface area (Å²) in [6.07, 6.45) is 9.41. The van der Waals surface area contributed by atoms with Gasteiger partial charge in [-0.1, -0.05) is 37.8 Å². The summed E-state index contributed by atoms with van der Waals surface area (Å²) in [7, 11) is 0. The lowest BCUT2D eigenvalue weighted by molar-refractivity contribution is 0.00660. The molecule has 0 saturated heterocycles. The molecule has 0 aromatic carbocycles. The van der Waals surface area contributed by atoms with Gasteiger partial charge in [-0.15, -0.1) is 0 Å². The van der Waals surface area contributed by atoms with E-state index in [0.717, 1.165) is 6.42 Å². The molecule has 0 unspecified atom stereocenters. The van der Waals surface area contributed by atoms with Crippen molar-refractivity contribution in [3.8, 4) is 0 Å². The lowest BCUT2D eigenvalue weighted by atomic mass is 10.00. The van der Waals surface area contributed by atoms with E-state index in [1.54, 1.807) is 0 Å². The van der Waals surface area contributed by atoms with Gasteiger partial charge in [0.1, 0.15) is 0 Å². The van der Waals surface area contributed by atoms with Gasteiger partial charge in [0, 0.05) is 0 Å². The Labute approximate surface area is 82.2 Å². The Balaban J connectivity index is 2.24. The van der Waals surface area contributed by atoms with E-state index in [9.17, 15) is 0 Å². The Morgan fingerprint density at radius 1 is 1.46 bits per heavy atom. The largest absolute Gasteiger partial charge is 0.371 e. The van der Waals surface area contributed by atoms with Crippen LogP contribution in [-0.4, -0.2) is 12.2 Å². The van der Waals surface area contributed by atoms with Crippen LogP contribution in [0.1, 0.15) is 52.9 Å². The highest BCUT2D eigenvalue weighted by atomic mass is 16.5. The molecular weight excluding hydrogens is 160 g/mol. The number of hydrogen-bond acceptors (Lipinski definition) is 1. The summed E-state index contributed by atoms with van der Waals surface area (Å²) in [5, 5.41) is 0. The van der Waals surface area contributed by atoms with Crippen LogP contribution in [0.5, 0.6) is 0 Å². The van der Waals surface area contributed by atoms with Gasteiger partial charge >= 0.3 is 0 Å². The van der Waals surface area contributed by atoms with Crippen LogP contribution in [0, 0.1) is 0 Å². The first-order chi connectivity index (χ1) is 6.22. The minimum Gasteiger partial charge on any atom is -0.371 e. The molecule has 0 radical (unpaired) electrons. The van der Waals surface area contributed by atoms with Gasteiger partial charge in [0.2, 0.25) is 0 Å². The zero-order valence-corrected chi connectivity index (χ0v) is 9.18. The van der Waals surface area contributed by atoms with Gasteiger partial charge in [-0.25, -0.2) is 0 Å². The molecular formula is C12H22O. The number of ether oxygens (including phenoxy) is 1. The SMILES string of the molecule is CCCCC[C@H]1CC(C)=C[C@H](C)O1. The molecule has 1 aliphatic rings. The van der Waals surface area contributed by atoms with Crippen LogP contribution in [0.4, 0.5) is 0 Å². The van der Waals surface area contributed by atoms with Gasteiger partial charge in [0.15, 0.2) is 0 Å². The maximum absolute atomic E-state index is 5.83. The van der Waals surface area contributed by atoms with Gasteiger partial charge in [0.25, 0.3) is 0 Å². The van der Waals surface area contributed by atoms with E-state index in [0.29, 0.717) is 12.2 Å². The van der Waals surface area contributed by atoms with Crippen LogP contribution in [0.2, 0.25) is 0 Å². The minimum atomic E-state index is 0.334. The minimum absolute atomic E-state index is 0.334. The summed E-state index contributed by atoms with van der Waals surface area (Å²) in [5.74, 6) is 0. The zero-order valence-electron chi connectivity index (χ0n) is 9.18. The molecule has 0 bridgehead atoms. The summed E-state index contributed by atoms with van der Waals surface area (Å²) < 4.78 is 5.83. The maximum Gasteiger partial charge on any atom is 0.0734 e. The normalized spacial score (nSPS) is 28.7. The first kappa shape index (κ1) is 10.8. The Morgan fingerprint density at radius 2 is 2.23 bits per heavy atom. The topological polar surface area (TPSA) is 9.23 Å². The second-order valence-electron chi connectivity index (χ2n) is 4.18. The molecule has 0 saturated carbocycles. The molecule has 1 heterocycles. The monoisotopic (exact) mass is 182 g/mol. The molecule has 1 rings (SSSR count). The van der Waals surface area contributed by atoms with E-state index >= 15 is 0 Å². The fourth-order valence-electron chi connectivity index (χ4n) is 2.01. The van der Waals surface area contributed by atoms with Crippen LogP contribution < -0.4 is 0 Å². The van der Waals surface area contributed by atoms with Crippen molar-refractivity contribution in [2.75, 3.05) is 0 Å². The van der Waals surface area contributed by atoms with E-state index in [-0.39, 0.29) is 0 Å². The third-order valence-corrected chi connectivity index (χ3v) is 2.61. The van der Waals surface area contributed by atoms with Crippen molar-refractivity contribution < 1.29 is 4.74 Å². The molecule has 0 spiro atoms. The van der Waals surface area contributed by atoms with Crippen LogP contribution in [0.15, 0.2) is 11.6 Å². The average molecular weight is 182 g/mol. The Morgan fingerprint density at radius 3 is 2.85 bits per heavy atom. The Hall–Kier alpha value is -0.300. The van der Waals surface area contributed by atoms with Crippen molar-refractivity contribution in [2.24, 2.45) is 0 Å². The summed E-state index contributed by atoms with van der Waals surface area (Å²) in [4.78, 5) is 0. The van der Waals surface area contributed by atoms with Gasteiger partial charge in [-0.05, 0) is 26.7 Å². The van der Waals surface area contributed by atoms with Gasteiger partial charge < -0.3 is 4.74 Å². The van der Waals surface area contributed by atoms with Crippen molar-refractivity contribution in [3.63, 3.8) is 0 Å². The summed E-state index contributed by atoms with van der Waals surface area (Å²) in [6.45, 7) is 6.59. The molecule has 0 N–H and O–H groups in total. The van der Waals surface area contributed by atoms with E-state index in [1.165, 1.54) is 31.3 Å². The first-order valence-electron chi connectivity index (χ1n) is 5.55. The van der Waals surface area contributed by atoms with Crippen LogP contribution in [0.25, 0.3) is 0 Å². The molecule has 1 nitrogen and oxygen atoms in total. The first-order valence-corrected chi connectivity index (χ1v) is 5.55. The van der Waals surface area contributed by atoms with Gasteiger partial charge in [-0.3, -0.25) is 0 Å². The van der Waals surface area contributed by atoms with Gasteiger partial charge in [-0.2, -0.15) is 0 Å². The van der Waals surface area contributed by atoms with Crippen molar-refractivity contribution in [1.29, 1.82) is 0 Å². The second-order valence-corrected chi connectivity index (χ2v) is 4.18. The molecule has 76 valence electrons. The van der Waals surface area contributed by atoms with E-state index < -0.39 is 0 Å². The van der Waals surface area contributed by atoms with Gasteiger partial charge in [0.05, 0.1) is 12.2 Å². The standard InChI is InChI=1S/C12H22O/c1-4-5-6-7-12-9-10(2)8-11(3)13-12/h8,11-12H,4-7,9H2,1-3H3/t11-,12-/m0/s1. The van der Waals surface area contributed by atoms with E-state index in [1.807, 2.05) is 0 Å². The number of unbranched alkanes of at least 4 members (excludes halogenated alkanes) is 2. The molecule has 0 aromatic heterocycles. The quantitative estimate of drug-likeness (QED) is 0.476. The lowest BCUT2D eigenvalue weighted by Crippen LogP contribution is -2.23. The molecule has 13 heavy (non-hydrogen) atoms. The molecule has 0 aromatic rings. The molecule has 2 atom stereocenters. The average Bonchev–Trinajstić information content (AvgIpc) is 2.03. The highest BCUT2D eigenvalue weighted by molar-refractivity contribution is 5.06. The molecule has 1 heteroatoms. The Bertz CT molecular complexity index is 172. The van der Waals surface area contributed by atoms with Crippen molar-refractivity contribution in [3.05, 3.63) is 11.6 Å².